The van der Waals surface area contributed by atoms with Gasteiger partial charge in [-0.1, -0.05) is 11.6 Å². The Bertz CT molecular complexity index is 619. The maximum atomic E-state index is 12.1. The number of nitrogens with zero attached hydrogens (tertiary/aromatic N) is 1. The van der Waals surface area contributed by atoms with Crippen LogP contribution >= 0.6 is 23.4 Å². The monoisotopic (exact) mass is 355 g/mol. The fraction of sp³-hybridized carbons (Fsp3) is 0.438. The summed E-state index contributed by atoms with van der Waals surface area (Å²) in [6.45, 7) is 2.33. The van der Waals surface area contributed by atoms with Crippen molar-refractivity contribution in [2.45, 2.75) is 13.3 Å². The molecule has 0 aliphatic carbocycles. The van der Waals surface area contributed by atoms with E-state index in [2.05, 4.69) is 0 Å². The number of carboxylic acid groups (broad SMARTS) is 1. The number of halogens is 1. The number of amides is 1. The first kappa shape index (κ1) is 17.8. The molecule has 2 rings (SSSR count). The molecule has 0 saturated carbocycles. The molecule has 7 heteroatoms. The van der Waals surface area contributed by atoms with Crippen LogP contribution in [0.1, 0.15) is 23.7 Å². The van der Waals surface area contributed by atoms with Gasteiger partial charge >= 0.3 is 5.97 Å². The standard InChI is InChI=1S/C16H18ClNO4S/c1-16(15(21)22)6-7-18(10-16)14(20)9-23-8-13(19)11-2-4-12(17)5-3-11/h2-5H,6-10H2,1H3,(H,21,22). The van der Waals surface area contributed by atoms with Gasteiger partial charge in [-0.15, -0.1) is 11.8 Å². The molecule has 0 radical (unpaired) electrons. The van der Waals surface area contributed by atoms with E-state index in [-0.39, 0.29) is 29.7 Å². The Morgan fingerprint density at radius 3 is 2.48 bits per heavy atom. The number of ketones is 1. The van der Waals surface area contributed by atoms with Crippen molar-refractivity contribution in [2.24, 2.45) is 5.41 Å². The molecule has 1 N–H and O–H groups in total. The molecule has 1 fully saturated rings. The van der Waals surface area contributed by atoms with Gasteiger partial charge in [0.05, 0.1) is 16.9 Å². The molecule has 1 amide bonds. The molecule has 124 valence electrons. The molecule has 1 unspecified atom stereocenters. The lowest BCUT2D eigenvalue weighted by Gasteiger charge is -2.20. The molecule has 5 nitrogen and oxygen atoms in total. The van der Waals surface area contributed by atoms with Gasteiger partial charge in [-0.05, 0) is 37.6 Å². The van der Waals surface area contributed by atoms with Gasteiger partial charge in [0, 0.05) is 23.7 Å². The van der Waals surface area contributed by atoms with Gasteiger partial charge in [0.1, 0.15) is 0 Å². The number of hydrogen-bond acceptors (Lipinski definition) is 4. The number of thioether (sulfide) groups is 1. The third-order valence-electron chi connectivity index (χ3n) is 3.97. The predicted octanol–water partition coefficient (Wildman–Crippen LogP) is 2.58. The average Bonchev–Trinajstić information content (AvgIpc) is 2.92. The molecule has 0 aromatic heterocycles. The second-order valence-electron chi connectivity index (χ2n) is 5.85. The highest BCUT2D eigenvalue weighted by molar-refractivity contribution is 8.00. The van der Waals surface area contributed by atoms with E-state index in [4.69, 9.17) is 16.7 Å². The molecule has 23 heavy (non-hydrogen) atoms. The highest BCUT2D eigenvalue weighted by atomic mass is 35.5. The molecular weight excluding hydrogens is 338 g/mol. The highest BCUT2D eigenvalue weighted by Crippen LogP contribution is 2.30. The summed E-state index contributed by atoms with van der Waals surface area (Å²) in [7, 11) is 0. The molecule has 1 atom stereocenters. The second-order valence-corrected chi connectivity index (χ2v) is 7.28. The molecule has 1 saturated heterocycles. The number of carbonyl (C=O) groups excluding carboxylic acids is 2. The van der Waals surface area contributed by atoms with E-state index < -0.39 is 11.4 Å². The van der Waals surface area contributed by atoms with Crippen molar-refractivity contribution in [3.63, 3.8) is 0 Å². The van der Waals surface area contributed by atoms with E-state index in [9.17, 15) is 14.4 Å². The largest absolute Gasteiger partial charge is 0.481 e. The second kappa shape index (κ2) is 7.36. The minimum absolute atomic E-state index is 0.0590. The number of likely N-dealkylation sites (tertiary alicyclic amines) is 1. The number of benzene rings is 1. The normalized spacial score (nSPS) is 20.5. The molecular formula is C16H18ClNO4S. The predicted molar refractivity (Wildman–Crippen MR) is 90.0 cm³/mol. The van der Waals surface area contributed by atoms with Gasteiger partial charge < -0.3 is 10.0 Å². The third kappa shape index (κ3) is 4.48. The van der Waals surface area contributed by atoms with E-state index in [1.54, 1.807) is 36.1 Å². The highest BCUT2D eigenvalue weighted by Gasteiger charge is 2.41. The Kier molecular flexibility index (Phi) is 5.70. The summed E-state index contributed by atoms with van der Waals surface area (Å²) in [5.41, 5.74) is -0.298. The maximum absolute atomic E-state index is 12.1. The molecule has 0 spiro atoms. The first-order valence-corrected chi connectivity index (χ1v) is 8.73. The van der Waals surface area contributed by atoms with E-state index in [1.165, 1.54) is 11.8 Å². The lowest BCUT2D eigenvalue weighted by molar-refractivity contribution is -0.147. The fourth-order valence-corrected chi connectivity index (χ4v) is 3.33. The molecule has 1 heterocycles. The van der Waals surface area contributed by atoms with Crippen LogP contribution in [0.5, 0.6) is 0 Å². The van der Waals surface area contributed by atoms with Crippen LogP contribution in [-0.2, 0) is 9.59 Å². The smallest absolute Gasteiger partial charge is 0.311 e. The van der Waals surface area contributed by atoms with Crippen molar-refractivity contribution in [3.05, 3.63) is 34.9 Å². The summed E-state index contributed by atoms with van der Waals surface area (Å²) in [4.78, 5) is 36.8. The Labute approximate surface area is 144 Å². The number of rotatable bonds is 6. The van der Waals surface area contributed by atoms with Gasteiger partial charge in [0.25, 0.3) is 0 Å². The van der Waals surface area contributed by atoms with Crippen LogP contribution in [0.15, 0.2) is 24.3 Å². The van der Waals surface area contributed by atoms with Gasteiger partial charge in [-0.25, -0.2) is 0 Å². The zero-order valence-corrected chi connectivity index (χ0v) is 14.3. The first-order valence-electron chi connectivity index (χ1n) is 7.19. The van der Waals surface area contributed by atoms with Gasteiger partial charge in [-0.2, -0.15) is 0 Å². The minimum Gasteiger partial charge on any atom is -0.481 e. The number of hydrogen-bond donors (Lipinski definition) is 1. The summed E-state index contributed by atoms with van der Waals surface area (Å²) in [6, 6.07) is 6.63. The Balaban J connectivity index is 1.78. The Hall–Kier alpha value is -1.53. The molecule has 0 bridgehead atoms. The average molecular weight is 356 g/mol. The van der Waals surface area contributed by atoms with Crippen molar-refractivity contribution in [3.8, 4) is 0 Å². The lowest BCUT2D eigenvalue weighted by atomic mass is 9.90. The quantitative estimate of drug-likeness (QED) is 0.794. The molecule has 1 aromatic carbocycles. The van der Waals surface area contributed by atoms with Crippen molar-refractivity contribution in [1.82, 2.24) is 4.90 Å². The summed E-state index contributed by atoms with van der Waals surface area (Å²) >= 11 is 7.01. The summed E-state index contributed by atoms with van der Waals surface area (Å²) in [5.74, 6) is -0.676. The number of aliphatic carboxylic acids is 1. The van der Waals surface area contributed by atoms with E-state index in [1.807, 2.05) is 0 Å². The zero-order chi connectivity index (χ0) is 17.0. The van der Waals surface area contributed by atoms with Crippen molar-refractivity contribution in [2.75, 3.05) is 24.6 Å². The Morgan fingerprint density at radius 1 is 1.26 bits per heavy atom. The summed E-state index contributed by atoms with van der Waals surface area (Å²) < 4.78 is 0. The van der Waals surface area contributed by atoms with Crippen LogP contribution in [0.4, 0.5) is 0 Å². The SMILES string of the molecule is CC1(C(=O)O)CCN(C(=O)CSCC(=O)c2ccc(Cl)cc2)C1. The van der Waals surface area contributed by atoms with E-state index >= 15 is 0 Å². The summed E-state index contributed by atoms with van der Waals surface area (Å²) in [6.07, 6.45) is 0.461. The molecule has 1 aromatic rings. The fourth-order valence-electron chi connectivity index (χ4n) is 2.39. The van der Waals surface area contributed by atoms with Crippen LogP contribution in [-0.4, -0.2) is 52.3 Å². The van der Waals surface area contributed by atoms with Gasteiger partial charge in [-0.3, -0.25) is 14.4 Å². The lowest BCUT2D eigenvalue weighted by Crippen LogP contribution is -2.35. The number of carboxylic acids is 1. The zero-order valence-electron chi connectivity index (χ0n) is 12.8. The molecule has 1 aliphatic heterocycles. The minimum atomic E-state index is -0.877. The van der Waals surface area contributed by atoms with Crippen LogP contribution in [0, 0.1) is 5.41 Å². The van der Waals surface area contributed by atoms with Crippen molar-refractivity contribution in [1.29, 1.82) is 0 Å². The van der Waals surface area contributed by atoms with Crippen molar-refractivity contribution < 1.29 is 19.5 Å². The third-order valence-corrected chi connectivity index (χ3v) is 5.14. The molecule has 1 aliphatic rings. The summed E-state index contributed by atoms with van der Waals surface area (Å²) in [5, 5.41) is 9.74. The van der Waals surface area contributed by atoms with Crippen LogP contribution in [0.2, 0.25) is 5.02 Å². The van der Waals surface area contributed by atoms with Crippen LogP contribution in [0.25, 0.3) is 0 Å². The van der Waals surface area contributed by atoms with E-state index in [0.29, 0.717) is 23.6 Å². The number of Topliss-reactive ketones (excluding diaryl/α,β-unsaturated/α-hetero) is 1. The topological polar surface area (TPSA) is 74.7 Å². The van der Waals surface area contributed by atoms with Crippen molar-refractivity contribution >= 4 is 41.0 Å². The Morgan fingerprint density at radius 2 is 1.91 bits per heavy atom. The maximum Gasteiger partial charge on any atom is 0.311 e. The van der Waals surface area contributed by atoms with Gasteiger partial charge in [0.2, 0.25) is 5.91 Å². The first-order chi connectivity index (χ1) is 10.8. The van der Waals surface area contributed by atoms with E-state index in [0.717, 1.165) is 0 Å². The van der Waals surface area contributed by atoms with Crippen LogP contribution in [0.3, 0.4) is 0 Å². The van der Waals surface area contributed by atoms with Crippen LogP contribution < -0.4 is 0 Å². The van der Waals surface area contributed by atoms with Gasteiger partial charge in [0.15, 0.2) is 5.78 Å². The number of carbonyl (C=O) groups is 3.